The second-order valence-electron chi connectivity index (χ2n) is 5.40. The zero-order valence-corrected chi connectivity index (χ0v) is 13.1. The average molecular weight is 296 g/mol. The number of nitrogens with zero attached hydrogens (tertiary/aromatic N) is 5. The second-order valence-corrected chi connectivity index (χ2v) is 5.87. The smallest absolute Gasteiger partial charge is 0.0967 e. The predicted molar refractivity (Wildman–Crippen MR) is 83.3 cm³/mol. The molecule has 1 fully saturated rings. The molecule has 2 heterocycles. The summed E-state index contributed by atoms with van der Waals surface area (Å²) in [6.45, 7) is 7.13. The minimum Gasteiger partial charge on any atom is -0.392 e. The van der Waals surface area contributed by atoms with Gasteiger partial charge in [-0.15, -0.1) is 5.10 Å². The SMILES string of the molecule is CCCC(C(N)=S)N1CCN(Cc2cn(C)nn2)CC1. The first kappa shape index (κ1) is 15.3. The number of rotatable bonds is 6. The van der Waals surface area contributed by atoms with E-state index in [-0.39, 0.29) is 6.04 Å². The summed E-state index contributed by atoms with van der Waals surface area (Å²) in [6.07, 6.45) is 4.14. The molecule has 1 aliphatic rings. The number of hydrogen-bond donors (Lipinski definition) is 1. The van der Waals surface area contributed by atoms with Crippen molar-refractivity contribution in [3.63, 3.8) is 0 Å². The molecule has 0 radical (unpaired) electrons. The van der Waals surface area contributed by atoms with Crippen LogP contribution in [0.15, 0.2) is 6.20 Å². The summed E-state index contributed by atoms with van der Waals surface area (Å²) in [6, 6.07) is 0.258. The van der Waals surface area contributed by atoms with Crippen LogP contribution in [0, 0.1) is 0 Å². The van der Waals surface area contributed by atoms with E-state index in [4.69, 9.17) is 18.0 Å². The van der Waals surface area contributed by atoms with Gasteiger partial charge in [0, 0.05) is 46.0 Å². The van der Waals surface area contributed by atoms with Gasteiger partial charge in [0.15, 0.2) is 0 Å². The van der Waals surface area contributed by atoms with Crippen molar-refractivity contribution in [3.8, 4) is 0 Å². The lowest BCUT2D eigenvalue weighted by Gasteiger charge is -2.38. The Morgan fingerprint density at radius 2 is 2.10 bits per heavy atom. The largest absolute Gasteiger partial charge is 0.392 e. The van der Waals surface area contributed by atoms with E-state index in [1.54, 1.807) is 4.68 Å². The van der Waals surface area contributed by atoms with Crippen LogP contribution in [-0.2, 0) is 13.6 Å². The van der Waals surface area contributed by atoms with Gasteiger partial charge in [0.1, 0.15) is 0 Å². The van der Waals surface area contributed by atoms with Crippen LogP contribution in [0.1, 0.15) is 25.5 Å². The Morgan fingerprint density at radius 1 is 1.40 bits per heavy atom. The molecule has 0 aromatic carbocycles. The molecule has 1 aromatic heterocycles. The fraction of sp³-hybridized carbons (Fsp3) is 0.769. The first-order chi connectivity index (χ1) is 9.60. The summed E-state index contributed by atoms with van der Waals surface area (Å²) < 4.78 is 1.75. The molecule has 2 rings (SSSR count). The molecule has 1 unspecified atom stereocenters. The molecule has 6 nitrogen and oxygen atoms in total. The van der Waals surface area contributed by atoms with Crippen molar-refractivity contribution in [2.45, 2.75) is 32.4 Å². The zero-order chi connectivity index (χ0) is 14.5. The minimum absolute atomic E-state index is 0.258. The predicted octanol–water partition coefficient (Wildman–Crippen LogP) is 0.388. The lowest BCUT2D eigenvalue weighted by molar-refractivity contribution is 0.109. The van der Waals surface area contributed by atoms with Crippen molar-refractivity contribution < 1.29 is 0 Å². The number of nitrogens with two attached hydrogens (primary N) is 1. The number of piperazine rings is 1. The molecule has 1 aliphatic heterocycles. The van der Waals surface area contributed by atoms with Crippen molar-refractivity contribution in [3.05, 3.63) is 11.9 Å². The minimum atomic E-state index is 0.258. The Labute approximate surface area is 125 Å². The molecule has 0 bridgehead atoms. The Balaban J connectivity index is 1.83. The van der Waals surface area contributed by atoms with E-state index in [0.29, 0.717) is 4.99 Å². The molecule has 112 valence electrons. The summed E-state index contributed by atoms with van der Waals surface area (Å²) in [5.41, 5.74) is 6.90. The molecule has 1 atom stereocenters. The van der Waals surface area contributed by atoms with Crippen LogP contribution in [0.4, 0.5) is 0 Å². The van der Waals surface area contributed by atoms with Gasteiger partial charge in [0.2, 0.25) is 0 Å². The highest BCUT2D eigenvalue weighted by atomic mass is 32.1. The Bertz CT molecular complexity index is 438. The van der Waals surface area contributed by atoms with Gasteiger partial charge >= 0.3 is 0 Å². The third-order valence-corrected chi connectivity index (χ3v) is 4.05. The quantitative estimate of drug-likeness (QED) is 0.766. The van der Waals surface area contributed by atoms with Crippen LogP contribution in [0.5, 0.6) is 0 Å². The van der Waals surface area contributed by atoms with Crippen LogP contribution in [0.25, 0.3) is 0 Å². The Hall–Kier alpha value is -1.05. The van der Waals surface area contributed by atoms with E-state index in [1.165, 1.54) is 0 Å². The number of thiocarbonyl (C=S) groups is 1. The summed E-state index contributed by atoms with van der Waals surface area (Å²) >= 11 is 5.20. The highest BCUT2D eigenvalue weighted by Crippen LogP contribution is 2.13. The monoisotopic (exact) mass is 296 g/mol. The first-order valence-corrected chi connectivity index (χ1v) is 7.62. The lowest BCUT2D eigenvalue weighted by Crippen LogP contribution is -2.53. The van der Waals surface area contributed by atoms with Gasteiger partial charge in [0.05, 0.1) is 16.7 Å². The van der Waals surface area contributed by atoms with Crippen molar-refractivity contribution in [2.75, 3.05) is 26.2 Å². The van der Waals surface area contributed by atoms with E-state index in [9.17, 15) is 0 Å². The van der Waals surface area contributed by atoms with E-state index in [0.717, 1.165) is 51.3 Å². The molecule has 0 saturated carbocycles. The van der Waals surface area contributed by atoms with E-state index >= 15 is 0 Å². The van der Waals surface area contributed by atoms with Gasteiger partial charge in [-0.3, -0.25) is 14.5 Å². The summed E-state index contributed by atoms with van der Waals surface area (Å²) in [5.74, 6) is 0. The van der Waals surface area contributed by atoms with Gasteiger partial charge in [-0.05, 0) is 6.42 Å². The molecule has 20 heavy (non-hydrogen) atoms. The first-order valence-electron chi connectivity index (χ1n) is 7.21. The third kappa shape index (κ3) is 3.97. The molecule has 7 heteroatoms. The van der Waals surface area contributed by atoms with Gasteiger partial charge in [-0.1, -0.05) is 30.8 Å². The standard InChI is InChI=1S/C13H24N6S/c1-3-4-12(13(14)20)19-7-5-18(6-8-19)10-11-9-17(2)16-15-11/h9,12H,3-8,10H2,1-2H3,(H2,14,20). The highest BCUT2D eigenvalue weighted by Gasteiger charge is 2.25. The summed E-state index contributed by atoms with van der Waals surface area (Å²) in [4.78, 5) is 5.46. The molecule has 1 saturated heterocycles. The van der Waals surface area contributed by atoms with Gasteiger partial charge in [-0.2, -0.15) is 0 Å². The van der Waals surface area contributed by atoms with Crippen LogP contribution in [0.3, 0.4) is 0 Å². The van der Waals surface area contributed by atoms with Crippen molar-refractivity contribution in [2.24, 2.45) is 12.8 Å². The molecule has 1 aromatic rings. The van der Waals surface area contributed by atoms with E-state index < -0.39 is 0 Å². The Morgan fingerprint density at radius 3 is 2.60 bits per heavy atom. The zero-order valence-electron chi connectivity index (χ0n) is 12.3. The summed E-state index contributed by atoms with van der Waals surface area (Å²) in [7, 11) is 1.89. The van der Waals surface area contributed by atoms with E-state index in [2.05, 4.69) is 27.0 Å². The Kier molecular flexibility index (Phi) is 5.45. The van der Waals surface area contributed by atoms with Gasteiger partial charge < -0.3 is 5.73 Å². The van der Waals surface area contributed by atoms with Crippen molar-refractivity contribution in [1.82, 2.24) is 24.8 Å². The van der Waals surface area contributed by atoms with Crippen molar-refractivity contribution >= 4 is 17.2 Å². The molecule has 2 N–H and O–H groups in total. The maximum Gasteiger partial charge on any atom is 0.0967 e. The maximum absolute atomic E-state index is 5.87. The number of aryl methyl sites for hydroxylation is 1. The topological polar surface area (TPSA) is 63.2 Å². The summed E-state index contributed by atoms with van der Waals surface area (Å²) in [5, 5.41) is 8.11. The van der Waals surface area contributed by atoms with Crippen LogP contribution in [-0.4, -0.2) is 62.0 Å². The third-order valence-electron chi connectivity index (χ3n) is 3.77. The molecule has 0 aliphatic carbocycles. The van der Waals surface area contributed by atoms with E-state index in [1.807, 2.05) is 13.2 Å². The normalized spacial score (nSPS) is 19.1. The van der Waals surface area contributed by atoms with Gasteiger partial charge in [-0.25, -0.2) is 0 Å². The second kappa shape index (κ2) is 7.10. The van der Waals surface area contributed by atoms with Crippen LogP contribution >= 0.6 is 12.2 Å². The van der Waals surface area contributed by atoms with Crippen molar-refractivity contribution in [1.29, 1.82) is 0 Å². The molecular formula is C13H24N6S. The molecular weight excluding hydrogens is 272 g/mol. The number of aromatic nitrogens is 3. The fourth-order valence-corrected chi connectivity index (χ4v) is 2.98. The fourth-order valence-electron chi connectivity index (χ4n) is 2.71. The molecule has 0 spiro atoms. The average Bonchev–Trinajstić information content (AvgIpc) is 2.82. The maximum atomic E-state index is 5.87. The number of hydrogen-bond acceptors (Lipinski definition) is 5. The molecule has 0 amide bonds. The highest BCUT2D eigenvalue weighted by molar-refractivity contribution is 7.80. The van der Waals surface area contributed by atoms with Gasteiger partial charge in [0.25, 0.3) is 0 Å². The van der Waals surface area contributed by atoms with Crippen LogP contribution in [0.2, 0.25) is 0 Å². The van der Waals surface area contributed by atoms with Crippen LogP contribution < -0.4 is 5.73 Å². The lowest BCUT2D eigenvalue weighted by atomic mass is 10.1.